The highest BCUT2D eigenvalue weighted by Crippen LogP contribution is 2.12. The minimum Gasteiger partial charge on any atom is -0.377 e. The maximum atomic E-state index is 12.0. The summed E-state index contributed by atoms with van der Waals surface area (Å²) in [6, 6.07) is -0.0673. The van der Waals surface area contributed by atoms with E-state index in [1.54, 1.807) is 0 Å². The van der Waals surface area contributed by atoms with Crippen molar-refractivity contribution in [3.63, 3.8) is 0 Å². The van der Waals surface area contributed by atoms with Crippen LogP contribution in [0.4, 0.5) is 0 Å². The Bertz CT molecular complexity index is 233. The fourth-order valence-corrected chi connectivity index (χ4v) is 2.41. The molecule has 2 aliphatic rings. The number of likely N-dealkylation sites (tertiary alicyclic amines) is 1. The SMILES string of the molecule is CC(NCC1CCCO1)C(=O)N1CCCC1. The van der Waals surface area contributed by atoms with Gasteiger partial charge in [0.25, 0.3) is 0 Å². The molecule has 0 spiro atoms. The van der Waals surface area contributed by atoms with Crippen molar-refractivity contribution in [3.05, 3.63) is 0 Å². The molecule has 0 aromatic carbocycles. The number of hydrogen-bond acceptors (Lipinski definition) is 3. The molecule has 0 saturated carbocycles. The van der Waals surface area contributed by atoms with E-state index in [0.717, 1.165) is 51.9 Å². The minimum absolute atomic E-state index is 0.0673. The molecule has 4 nitrogen and oxygen atoms in total. The van der Waals surface area contributed by atoms with Crippen LogP contribution >= 0.6 is 0 Å². The summed E-state index contributed by atoms with van der Waals surface area (Å²) in [5, 5.41) is 3.28. The van der Waals surface area contributed by atoms with E-state index in [9.17, 15) is 4.79 Å². The zero-order chi connectivity index (χ0) is 11.4. The number of carbonyl (C=O) groups is 1. The van der Waals surface area contributed by atoms with Gasteiger partial charge in [0.15, 0.2) is 0 Å². The molecule has 2 unspecified atom stereocenters. The lowest BCUT2D eigenvalue weighted by Crippen LogP contribution is -2.45. The lowest BCUT2D eigenvalue weighted by atomic mass is 10.2. The van der Waals surface area contributed by atoms with Gasteiger partial charge in [-0.25, -0.2) is 0 Å². The molecule has 1 amide bonds. The van der Waals surface area contributed by atoms with Gasteiger partial charge >= 0.3 is 0 Å². The molecule has 2 heterocycles. The topological polar surface area (TPSA) is 41.6 Å². The molecule has 2 atom stereocenters. The second-order valence-electron chi connectivity index (χ2n) is 4.80. The molecular formula is C12H22N2O2. The Morgan fingerprint density at radius 3 is 2.81 bits per heavy atom. The number of ether oxygens (including phenoxy) is 1. The van der Waals surface area contributed by atoms with Crippen LogP contribution in [-0.2, 0) is 9.53 Å². The molecule has 16 heavy (non-hydrogen) atoms. The van der Waals surface area contributed by atoms with Gasteiger partial charge in [0.1, 0.15) is 0 Å². The summed E-state index contributed by atoms with van der Waals surface area (Å²) in [7, 11) is 0. The van der Waals surface area contributed by atoms with Crippen LogP contribution in [0, 0.1) is 0 Å². The highest BCUT2D eigenvalue weighted by molar-refractivity contribution is 5.81. The molecule has 4 heteroatoms. The highest BCUT2D eigenvalue weighted by atomic mass is 16.5. The molecule has 2 fully saturated rings. The number of hydrogen-bond donors (Lipinski definition) is 1. The van der Waals surface area contributed by atoms with Crippen LogP contribution in [-0.4, -0.2) is 49.2 Å². The monoisotopic (exact) mass is 226 g/mol. The molecule has 0 bridgehead atoms. The Morgan fingerprint density at radius 2 is 2.19 bits per heavy atom. The number of nitrogens with zero attached hydrogens (tertiary/aromatic N) is 1. The molecule has 1 N–H and O–H groups in total. The molecule has 0 aromatic rings. The summed E-state index contributed by atoms with van der Waals surface area (Å²) in [6.45, 7) is 5.51. The van der Waals surface area contributed by atoms with Gasteiger partial charge in [-0.05, 0) is 32.6 Å². The molecule has 92 valence electrons. The van der Waals surface area contributed by atoms with Gasteiger partial charge in [0.05, 0.1) is 12.1 Å². The summed E-state index contributed by atoms with van der Waals surface area (Å²) in [6.07, 6.45) is 4.90. The number of carbonyl (C=O) groups excluding carboxylic acids is 1. The van der Waals surface area contributed by atoms with E-state index < -0.39 is 0 Å². The van der Waals surface area contributed by atoms with Gasteiger partial charge in [-0.15, -0.1) is 0 Å². The van der Waals surface area contributed by atoms with Gasteiger partial charge in [-0.1, -0.05) is 0 Å². The van der Waals surface area contributed by atoms with Crippen molar-refractivity contribution < 1.29 is 9.53 Å². The zero-order valence-electron chi connectivity index (χ0n) is 10.1. The van der Waals surface area contributed by atoms with E-state index in [4.69, 9.17) is 4.74 Å². The predicted octanol–water partition coefficient (Wildman–Crippen LogP) is 0.766. The summed E-state index contributed by atoms with van der Waals surface area (Å²) >= 11 is 0. The fourth-order valence-electron chi connectivity index (χ4n) is 2.41. The molecule has 0 aromatic heterocycles. The average Bonchev–Trinajstić information content (AvgIpc) is 2.96. The van der Waals surface area contributed by atoms with E-state index in [0.29, 0.717) is 6.10 Å². The standard InChI is InChI=1S/C12H22N2O2/c1-10(12(15)14-6-2-3-7-14)13-9-11-5-4-8-16-11/h10-11,13H,2-9H2,1H3. The van der Waals surface area contributed by atoms with Crippen LogP contribution < -0.4 is 5.32 Å². The Kier molecular flexibility index (Phi) is 4.18. The van der Waals surface area contributed by atoms with Gasteiger partial charge < -0.3 is 15.0 Å². The summed E-state index contributed by atoms with van der Waals surface area (Å²) in [4.78, 5) is 13.9. The van der Waals surface area contributed by atoms with E-state index in [1.165, 1.54) is 0 Å². The second-order valence-corrected chi connectivity index (χ2v) is 4.80. The maximum Gasteiger partial charge on any atom is 0.239 e. The summed E-state index contributed by atoms with van der Waals surface area (Å²) in [5.74, 6) is 0.246. The Hall–Kier alpha value is -0.610. The van der Waals surface area contributed by atoms with Crippen molar-refractivity contribution in [2.45, 2.75) is 44.8 Å². The normalized spacial score (nSPS) is 27.3. The maximum absolute atomic E-state index is 12.0. The Morgan fingerprint density at radius 1 is 1.44 bits per heavy atom. The average molecular weight is 226 g/mol. The van der Waals surface area contributed by atoms with Crippen LogP contribution in [0.2, 0.25) is 0 Å². The van der Waals surface area contributed by atoms with Crippen molar-refractivity contribution in [2.75, 3.05) is 26.2 Å². The largest absolute Gasteiger partial charge is 0.377 e. The van der Waals surface area contributed by atoms with Crippen molar-refractivity contribution in [1.82, 2.24) is 10.2 Å². The first-order valence-corrected chi connectivity index (χ1v) is 6.41. The van der Waals surface area contributed by atoms with E-state index in [2.05, 4.69) is 5.32 Å². The van der Waals surface area contributed by atoms with Gasteiger partial charge in [0.2, 0.25) is 5.91 Å². The van der Waals surface area contributed by atoms with E-state index in [-0.39, 0.29) is 11.9 Å². The summed E-state index contributed by atoms with van der Waals surface area (Å²) < 4.78 is 5.52. The van der Waals surface area contributed by atoms with Gasteiger partial charge in [0, 0.05) is 26.2 Å². The molecule has 2 saturated heterocycles. The van der Waals surface area contributed by atoms with Crippen LogP contribution in [0.1, 0.15) is 32.6 Å². The van der Waals surface area contributed by atoms with Crippen molar-refractivity contribution in [2.24, 2.45) is 0 Å². The quantitative estimate of drug-likeness (QED) is 0.769. The highest BCUT2D eigenvalue weighted by Gasteiger charge is 2.24. The number of nitrogens with one attached hydrogen (secondary N) is 1. The molecule has 0 radical (unpaired) electrons. The first-order valence-electron chi connectivity index (χ1n) is 6.41. The van der Waals surface area contributed by atoms with Gasteiger partial charge in [-0.3, -0.25) is 4.79 Å². The van der Waals surface area contributed by atoms with Crippen LogP contribution in [0.25, 0.3) is 0 Å². The second kappa shape index (κ2) is 5.64. The zero-order valence-corrected chi connectivity index (χ0v) is 10.1. The third-order valence-electron chi connectivity index (χ3n) is 3.46. The molecule has 0 aliphatic carbocycles. The van der Waals surface area contributed by atoms with Crippen LogP contribution in [0.5, 0.6) is 0 Å². The van der Waals surface area contributed by atoms with Crippen molar-refractivity contribution in [3.8, 4) is 0 Å². The van der Waals surface area contributed by atoms with E-state index >= 15 is 0 Å². The Balaban J connectivity index is 1.69. The number of rotatable bonds is 4. The number of amides is 1. The lowest BCUT2D eigenvalue weighted by Gasteiger charge is -2.22. The third kappa shape index (κ3) is 2.95. The minimum atomic E-state index is -0.0673. The molecule has 2 rings (SSSR count). The molecular weight excluding hydrogens is 204 g/mol. The lowest BCUT2D eigenvalue weighted by molar-refractivity contribution is -0.132. The predicted molar refractivity (Wildman–Crippen MR) is 62.3 cm³/mol. The van der Waals surface area contributed by atoms with E-state index in [1.807, 2.05) is 11.8 Å². The summed E-state index contributed by atoms with van der Waals surface area (Å²) in [5.41, 5.74) is 0. The van der Waals surface area contributed by atoms with Crippen molar-refractivity contribution in [1.29, 1.82) is 0 Å². The van der Waals surface area contributed by atoms with Crippen LogP contribution in [0.3, 0.4) is 0 Å². The van der Waals surface area contributed by atoms with Gasteiger partial charge in [-0.2, -0.15) is 0 Å². The van der Waals surface area contributed by atoms with Crippen LogP contribution in [0.15, 0.2) is 0 Å². The van der Waals surface area contributed by atoms with Crippen molar-refractivity contribution >= 4 is 5.91 Å². The third-order valence-corrected chi connectivity index (χ3v) is 3.46. The smallest absolute Gasteiger partial charge is 0.239 e. The fraction of sp³-hybridized carbons (Fsp3) is 0.917. The first-order chi connectivity index (χ1) is 7.77. The Labute approximate surface area is 97.3 Å². The first kappa shape index (κ1) is 11.9. The molecule has 2 aliphatic heterocycles.